The highest BCUT2D eigenvalue weighted by atomic mass is 32.1. The summed E-state index contributed by atoms with van der Waals surface area (Å²) in [6.45, 7) is 0. The summed E-state index contributed by atoms with van der Waals surface area (Å²) >= 11 is 3.70. The van der Waals surface area contributed by atoms with E-state index in [1.165, 1.54) is 52.5 Å². The second-order valence-corrected chi connectivity index (χ2v) is 10.0. The fourth-order valence-electron chi connectivity index (χ4n) is 4.05. The molecule has 0 amide bonds. The van der Waals surface area contributed by atoms with Gasteiger partial charge < -0.3 is 0 Å². The summed E-state index contributed by atoms with van der Waals surface area (Å²) < 4.78 is 0. The molecule has 6 rings (SSSR count). The van der Waals surface area contributed by atoms with Gasteiger partial charge in [0.25, 0.3) is 0 Å². The lowest BCUT2D eigenvalue weighted by atomic mass is 10.0. The van der Waals surface area contributed by atoms with E-state index in [2.05, 4.69) is 121 Å². The molecule has 32 heavy (non-hydrogen) atoms. The van der Waals surface area contributed by atoms with Crippen molar-refractivity contribution in [1.29, 1.82) is 0 Å². The molecule has 0 spiro atoms. The van der Waals surface area contributed by atoms with E-state index in [0.29, 0.717) is 0 Å². The summed E-state index contributed by atoms with van der Waals surface area (Å²) in [4.78, 5) is 5.23. The Hall–Kier alpha value is -3.46. The first kappa shape index (κ1) is 19.2. The Kier molecular flexibility index (Phi) is 4.95. The maximum absolute atomic E-state index is 2.31. The molecule has 0 unspecified atom stereocenters. The minimum atomic E-state index is 1.28. The van der Waals surface area contributed by atoms with E-state index in [-0.39, 0.29) is 0 Å². The maximum atomic E-state index is 2.31. The average Bonchev–Trinajstić information content (AvgIpc) is 3.55. The molecule has 0 aliphatic heterocycles. The van der Waals surface area contributed by atoms with Crippen molar-refractivity contribution in [2.24, 2.45) is 0 Å². The molecule has 2 heterocycles. The molecule has 0 saturated heterocycles. The molecule has 0 fully saturated rings. The van der Waals surface area contributed by atoms with Gasteiger partial charge in [-0.1, -0.05) is 84.9 Å². The molecule has 2 aromatic heterocycles. The van der Waals surface area contributed by atoms with Crippen LogP contribution in [0.25, 0.3) is 52.5 Å². The van der Waals surface area contributed by atoms with Gasteiger partial charge in [0.05, 0.1) is 0 Å². The van der Waals surface area contributed by atoms with Crippen LogP contribution in [0.3, 0.4) is 0 Å². The minimum absolute atomic E-state index is 1.28. The zero-order valence-corrected chi connectivity index (χ0v) is 19.0. The normalized spacial score (nSPS) is 11.1. The Morgan fingerprint density at radius 2 is 0.688 bits per heavy atom. The lowest BCUT2D eigenvalue weighted by Gasteiger charge is -2.05. The van der Waals surface area contributed by atoms with Gasteiger partial charge in [-0.3, -0.25) is 0 Å². The number of fused-ring (bicyclic) bond motifs is 1. The molecule has 6 aromatic rings. The van der Waals surface area contributed by atoms with Gasteiger partial charge in [-0.15, -0.1) is 22.7 Å². The van der Waals surface area contributed by atoms with Crippen molar-refractivity contribution in [1.82, 2.24) is 0 Å². The molecule has 0 radical (unpaired) electrons. The highest BCUT2D eigenvalue weighted by Crippen LogP contribution is 2.38. The van der Waals surface area contributed by atoms with Crippen LogP contribution in [-0.2, 0) is 0 Å². The molecule has 2 heteroatoms. The number of rotatable bonds is 4. The minimum Gasteiger partial charge on any atom is -0.135 e. The van der Waals surface area contributed by atoms with E-state index in [1.54, 1.807) is 0 Å². The largest absolute Gasteiger partial charge is 0.135 e. The van der Waals surface area contributed by atoms with Crippen molar-refractivity contribution in [2.75, 3.05) is 0 Å². The predicted octanol–water partition coefficient (Wildman–Crippen LogP) is 9.63. The van der Waals surface area contributed by atoms with Crippen molar-refractivity contribution >= 4 is 33.4 Å². The second-order valence-electron chi connectivity index (χ2n) is 7.84. The molecule has 0 bridgehead atoms. The molecule has 0 aliphatic carbocycles. The number of hydrogen-bond acceptors (Lipinski definition) is 2. The Morgan fingerprint density at radius 1 is 0.312 bits per heavy atom. The summed E-state index contributed by atoms with van der Waals surface area (Å²) in [5.41, 5.74) is 5.11. The van der Waals surface area contributed by atoms with Crippen molar-refractivity contribution in [3.05, 3.63) is 121 Å². The van der Waals surface area contributed by atoms with Crippen LogP contribution >= 0.6 is 22.7 Å². The monoisotopic (exact) mass is 444 g/mol. The van der Waals surface area contributed by atoms with Crippen LogP contribution in [0, 0.1) is 0 Å². The molecule has 0 aliphatic rings. The molecule has 0 saturated carbocycles. The van der Waals surface area contributed by atoms with Gasteiger partial charge in [0, 0.05) is 19.5 Å². The maximum Gasteiger partial charge on any atom is 0.0349 e. The second kappa shape index (κ2) is 8.23. The fraction of sp³-hybridized carbons (Fsp3) is 0. The van der Waals surface area contributed by atoms with Crippen LogP contribution in [-0.4, -0.2) is 0 Å². The number of thiophene rings is 2. The summed E-state index contributed by atoms with van der Waals surface area (Å²) in [7, 11) is 0. The first-order chi connectivity index (χ1) is 15.8. The van der Waals surface area contributed by atoms with E-state index in [9.17, 15) is 0 Å². The number of benzene rings is 4. The van der Waals surface area contributed by atoms with E-state index in [1.807, 2.05) is 22.7 Å². The van der Waals surface area contributed by atoms with Crippen molar-refractivity contribution in [3.8, 4) is 41.8 Å². The highest BCUT2D eigenvalue weighted by molar-refractivity contribution is 7.19. The lowest BCUT2D eigenvalue weighted by Crippen LogP contribution is -1.78. The third-order valence-electron chi connectivity index (χ3n) is 5.74. The van der Waals surface area contributed by atoms with Gasteiger partial charge in [0.2, 0.25) is 0 Å². The first-order valence-corrected chi connectivity index (χ1v) is 12.3. The quantitative estimate of drug-likeness (QED) is 0.254. The molecule has 0 N–H and O–H groups in total. The molecule has 4 aromatic carbocycles. The molecule has 152 valence electrons. The standard InChI is InChI=1S/C30H20S2/c1-3-7-21(8-4-1)27-15-17-29(31-27)25-13-11-24-20-26(14-12-23(24)19-25)30-18-16-28(32-30)22-9-5-2-6-10-22/h1-20H. The number of hydrogen-bond donors (Lipinski definition) is 0. The summed E-state index contributed by atoms with van der Waals surface area (Å²) in [6, 6.07) is 43.7. The summed E-state index contributed by atoms with van der Waals surface area (Å²) in [5.74, 6) is 0. The van der Waals surface area contributed by atoms with Crippen LogP contribution in [0.15, 0.2) is 121 Å². The van der Waals surface area contributed by atoms with Crippen molar-refractivity contribution < 1.29 is 0 Å². The third-order valence-corrected chi connectivity index (χ3v) is 8.10. The van der Waals surface area contributed by atoms with E-state index in [4.69, 9.17) is 0 Å². The Morgan fingerprint density at radius 3 is 1.09 bits per heavy atom. The van der Waals surface area contributed by atoms with E-state index >= 15 is 0 Å². The van der Waals surface area contributed by atoms with Gasteiger partial charge in [-0.25, -0.2) is 0 Å². The Bertz CT molecular complexity index is 1390. The topological polar surface area (TPSA) is 0 Å². The van der Waals surface area contributed by atoms with Crippen molar-refractivity contribution in [3.63, 3.8) is 0 Å². The fourth-order valence-corrected chi connectivity index (χ4v) is 6.07. The predicted molar refractivity (Wildman–Crippen MR) is 141 cm³/mol. The van der Waals surface area contributed by atoms with Gasteiger partial charge >= 0.3 is 0 Å². The lowest BCUT2D eigenvalue weighted by molar-refractivity contribution is 1.70. The van der Waals surface area contributed by atoms with Crippen molar-refractivity contribution in [2.45, 2.75) is 0 Å². The molecule has 0 atom stereocenters. The van der Waals surface area contributed by atoms with Crippen LogP contribution in [0.1, 0.15) is 0 Å². The van der Waals surface area contributed by atoms with Crippen LogP contribution < -0.4 is 0 Å². The van der Waals surface area contributed by atoms with Gasteiger partial charge in [-0.05, 0) is 69.4 Å². The van der Waals surface area contributed by atoms with Crippen LogP contribution in [0.5, 0.6) is 0 Å². The molecule has 0 nitrogen and oxygen atoms in total. The van der Waals surface area contributed by atoms with Gasteiger partial charge in [0.15, 0.2) is 0 Å². The molecular weight excluding hydrogens is 424 g/mol. The summed E-state index contributed by atoms with van der Waals surface area (Å²) in [6.07, 6.45) is 0. The van der Waals surface area contributed by atoms with Crippen LogP contribution in [0.2, 0.25) is 0 Å². The Balaban J connectivity index is 1.31. The smallest absolute Gasteiger partial charge is 0.0349 e. The molecular formula is C30H20S2. The van der Waals surface area contributed by atoms with E-state index in [0.717, 1.165) is 0 Å². The first-order valence-electron chi connectivity index (χ1n) is 10.7. The zero-order valence-electron chi connectivity index (χ0n) is 17.4. The van der Waals surface area contributed by atoms with Gasteiger partial charge in [-0.2, -0.15) is 0 Å². The average molecular weight is 445 g/mol. The SMILES string of the molecule is c1ccc(-c2ccc(-c3ccc4cc(-c5ccc(-c6ccccc6)s5)ccc4c3)s2)cc1. The summed E-state index contributed by atoms with van der Waals surface area (Å²) in [5, 5.41) is 2.56. The van der Waals surface area contributed by atoms with Gasteiger partial charge in [0.1, 0.15) is 0 Å². The van der Waals surface area contributed by atoms with E-state index < -0.39 is 0 Å². The third kappa shape index (κ3) is 3.69. The highest BCUT2D eigenvalue weighted by Gasteiger charge is 2.08. The zero-order chi connectivity index (χ0) is 21.3. The van der Waals surface area contributed by atoms with Crippen LogP contribution in [0.4, 0.5) is 0 Å². The Labute approximate surface area is 196 Å².